The quantitative estimate of drug-likeness (QED) is 0.894. The molecule has 1 amide bonds. The SMILES string of the molecule is CCCN(CC(F)(F)F)C(=O)c1c(N)cnn1C. The Bertz CT molecular complexity index is 408. The highest BCUT2D eigenvalue weighted by atomic mass is 19.4. The smallest absolute Gasteiger partial charge is 0.396 e. The predicted molar refractivity (Wildman–Crippen MR) is 59.9 cm³/mol. The van der Waals surface area contributed by atoms with E-state index in [1.165, 1.54) is 17.9 Å². The van der Waals surface area contributed by atoms with Crippen molar-refractivity contribution in [1.29, 1.82) is 0 Å². The second-order valence-corrected chi connectivity index (χ2v) is 3.91. The van der Waals surface area contributed by atoms with Gasteiger partial charge in [-0.05, 0) is 6.42 Å². The summed E-state index contributed by atoms with van der Waals surface area (Å²) in [6.07, 6.45) is -2.76. The van der Waals surface area contributed by atoms with Crippen LogP contribution in [0.1, 0.15) is 23.8 Å². The van der Waals surface area contributed by atoms with Gasteiger partial charge in [-0.25, -0.2) is 0 Å². The molecular weight excluding hydrogens is 249 g/mol. The Kier molecular flexibility index (Phi) is 4.20. The normalized spacial score (nSPS) is 11.6. The van der Waals surface area contributed by atoms with Crippen LogP contribution in [0.25, 0.3) is 0 Å². The van der Waals surface area contributed by atoms with E-state index in [-0.39, 0.29) is 17.9 Å². The standard InChI is InChI=1S/C10H15F3N4O/c1-3-4-17(6-10(11,12)13)9(18)8-7(14)5-15-16(8)2/h5H,3-4,6,14H2,1-2H3. The zero-order chi connectivity index (χ0) is 13.9. The highest BCUT2D eigenvalue weighted by Gasteiger charge is 2.34. The monoisotopic (exact) mass is 264 g/mol. The van der Waals surface area contributed by atoms with Crippen LogP contribution in [0.15, 0.2) is 6.20 Å². The number of carbonyl (C=O) groups is 1. The number of hydrogen-bond acceptors (Lipinski definition) is 3. The fourth-order valence-electron chi connectivity index (χ4n) is 1.60. The summed E-state index contributed by atoms with van der Waals surface area (Å²) < 4.78 is 38.3. The van der Waals surface area contributed by atoms with Crippen LogP contribution < -0.4 is 5.73 Å². The number of aryl methyl sites for hydroxylation is 1. The molecule has 5 nitrogen and oxygen atoms in total. The number of alkyl halides is 3. The number of nitrogens with two attached hydrogens (primary N) is 1. The van der Waals surface area contributed by atoms with Gasteiger partial charge in [0.1, 0.15) is 12.2 Å². The van der Waals surface area contributed by atoms with E-state index in [1.54, 1.807) is 6.92 Å². The van der Waals surface area contributed by atoms with Gasteiger partial charge in [0.15, 0.2) is 0 Å². The molecule has 0 unspecified atom stereocenters. The van der Waals surface area contributed by atoms with Crippen molar-refractivity contribution in [1.82, 2.24) is 14.7 Å². The summed E-state index contributed by atoms with van der Waals surface area (Å²) in [5, 5.41) is 3.74. The van der Waals surface area contributed by atoms with Crippen molar-refractivity contribution in [3.05, 3.63) is 11.9 Å². The molecule has 0 aliphatic heterocycles. The molecule has 0 bridgehead atoms. The van der Waals surface area contributed by atoms with E-state index >= 15 is 0 Å². The van der Waals surface area contributed by atoms with Crippen molar-refractivity contribution in [2.75, 3.05) is 18.8 Å². The number of nitrogen functional groups attached to an aromatic ring is 1. The van der Waals surface area contributed by atoms with Gasteiger partial charge in [0.05, 0.1) is 11.9 Å². The van der Waals surface area contributed by atoms with Gasteiger partial charge in [-0.15, -0.1) is 0 Å². The third-order valence-corrected chi connectivity index (χ3v) is 2.32. The Morgan fingerprint density at radius 1 is 1.56 bits per heavy atom. The molecule has 1 aromatic heterocycles. The summed E-state index contributed by atoms with van der Waals surface area (Å²) in [5.41, 5.74) is 5.58. The first kappa shape index (κ1) is 14.3. The van der Waals surface area contributed by atoms with Gasteiger partial charge in [0, 0.05) is 13.6 Å². The van der Waals surface area contributed by atoms with E-state index < -0.39 is 18.6 Å². The fourth-order valence-corrected chi connectivity index (χ4v) is 1.60. The van der Waals surface area contributed by atoms with Crippen LogP contribution in [0.4, 0.5) is 18.9 Å². The Morgan fingerprint density at radius 3 is 2.56 bits per heavy atom. The Labute approximate surface area is 102 Å². The van der Waals surface area contributed by atoms with Crippen LogP contribution in [-0.4, -0.2) is 39.9 Å². The number of carbonyl (C=O) groups excluding carboxylic acids is 1. The molecule has 1 heterocycles. The van der Waals surface area contributed by atoms with Crippen molar-refractivity contribution in [3.63, 3.8) is 0 Å². The van der Waals surface area contributed by atoms with Crippen LogP contribution in [0, 0.1) is 0 Å². The topological polar surface area (TPSA) is 64.2 Å². The maximum atomic E-state index is 12.4. The number of aromatic nitrogens is 2. The number of nitrogens with zero attached hydrogens (tertiary/aromatic N) is 3. The number of amides is 1. The lowest BCUT2D eigenvalue weighted by Crippen LogP contribution is -2.40. The summed E-state index contributed by atoms with van der Waals surface area (Å²) in [5.74, 6) is -0.758. The highest BCUT2D eigenvalue weighted by molar-refractivity contribution is 5.97. The molecule has 0 saturated carbocycles. The molecule has 2 N–H and O–H groups in total. The van der Waals surface area contributed by atoms with Gasteiger partial charge >= 0.3 is 6.18 Å². The molecule has 0 spiro atoms. The van der Waals surface area contributed by atoms with Crippen molar-refractivity contribution >= 4 is 11.6 Å². The largest absolute Gasteiger partial charge is 0.406 e. The molecule has 1 rings (SSSR count). The van der Waals surface area contributed by atoms with Crippen LogP contribution in [0.2, 0.25) is 0 Å². The average molecular weight is 264 g/mol. The zero-order valence-electron chi connectivity index (χ0n) is 10.2. The number of rotatable bonds is 4. The minimum Gasteiger partial charge on any atom is -0.396 e. The molecule has 0 aliphatic rings. The summed E-state index contributed by atoms with van der Waals surface area (Å²) in [6.45, 7) is 0.427. The van der Waals surface area contributed by atoms with Crippen molar-refractivity contribution in [2.45, 2.75) is 19.5 Å². The third kappa shape index (κ3) is 3.38. The second kappa shape index (κ2) is 5.28. The summed E-state index contributed by atoms with van der Waals surface area (Å²) in [4.78, 5) is 12.7. The molecule has 1 aromatic rings. The number of anilines is 1. The lowest BCUT2D eigenvalue weighted by atomic mass is 10.3. The second-order valence-electron chi connectivity index (χ2n) is 3.91. The maximum absolute atomic E-state index is 12.4. The van der Waals surface area contributed by atoms with Gasteiger partial charge < -0.3 is 10.6 Å². The van der Waals surface area contributed by atoms with Crippen LogP contribution >= 0.6 is 0 Å². The van der Waals surface area contributed by atoms with E-state index in [1.807, 2.05) is 0 Å². The van der Waals surface area contributed by atoms with Gasteiger partial charge in [-0.1, -0.05) is 6.92 Å². The van der Waals surface area contributed by atoms with Crippen molar-refractivity contribution < 1.29 is 18.0 Å². The minimum absolute atomic E-state index is 0.0168. The molecule has 0 aliphatic carbocycles. The molecule has 0 fully saturated rings. The van der Waals surface area contributed by atoms with Gasteiger partial charge in [0.2, 0.25) is 0 Å². The molecule has 0 saturated heterocycles. The van der Waals surface area contributed by atoms with Crippen molar-refractivity contribution in [3.8, 4) is 0 Å². The Hall–Kier alpha value is -1.73. The van der Waals surface area contributed by atoms with Crippen LogP contribution in [0.3, 0.4) is 0 Å². The maximum Gasteiger partial charge on any atom is 0.406 e. The zero-order valence-corrected chi connectivity index (χ0v) is 10.2. The Balaban J connectivity index is 2.96. The summed E-state index contributed by atoms with van der Waals surface area (Å²) >= 11 is 0. The molecule has 102 valence electrons. The molecule has 0 radical (unpaired) electrons. The van der Waals surface area contributed by atoms with E-state index in [9.17, 15) is 18.0 Å². The fraction of sp³-hybridized carbons (Fsp3) is 0.600. The van der Waals surface area contributed by atoms with E-state index in [0.717, 1.165) is 4.90 Å². The molecule has 0 aromatic carbocycles. The average Bonchev–Trinajstić information content (AvgIpc) is 2.55. The molecule has 18 heavy (non-hydrogen) atoms. The first-order valence-electron chi connectivity index (χ1n) is 5.39. The first-order valence-corrected chi connectivity index (χ1v) is 5.39. The molecule has 8 heteroatoms. The van der Waals surface area contributed by atoms with E-state index in [2.05, 4.69) is 5.10 Å². The van der Waals surface area contributed by atoms with E-state index in [4.69, 9.17) is 5.73 Å². The number of hydrogen-bond donors (Lipinski definition) is 1. The van der Waals surface area contributed by atoms with Gasteiger partial charge in [-0.3, -0.25) is 9.48 Å². The van der Waals surface area contributed by atoms with E-state index in [0.29, 0.717) is 6.42 Å². The third-order valence-electron chi connectivity index (χ3n) is 2.32. The summed E-state index contributed by atoms with van der Waals surface area (Å²) in [6, 6.07) is 0. The lowest BCUT2D eigenvalue weighted by molar-refractivity contribution is -0.140. The minimum atomic E-state index is -4.43. The van der Waals surface area contributed by atoms with Gasteiger partial charge in [-0.2, -0.15) is 18.3 Å². The lowest BCUT2D eigenvalue weighted by Gasteiger charge is -2.23. The highest BCUT2D eigenvalue weighted by Crippen LogP contribution is 2.20. The number of halogens is 3. The predicted octanol–water partition coefficient (Wildman–Crippen LogP) is 1.42. The first-order chi connectivity index (χ1) is 8.26. The summed E-state index contributed by atoms with van der Waals surface area (Å²) in [7, 11) is 1.46. The molecular formula is C10H15F3N4O. The molecule has 0 atom stereocenters. The van der Waals surface area contributed by atoms with Gasteiger partial charge in [0.25, 0.3) is 5.91 Å². The van der Waals surface area contributed by atoms with Crippen molar-refractivity contribution in [2.24, 2.45) is 7.05 Å². The van der Waals surface area contributed by atoms with Crippen LogP contribution in [-0.2, 0) is 7.05 Å². The van der Waals surface area contributed by atoms with Crippen LogP contribution in [0.5, 0.6) is 0 Å². The Morgan fingerprint density at radius 2 is 2.17 bits per heavy atom.